The SMILES string of the molecule is Cc1ccc(C)c(C(=O)N2Cc3nc(OC[C@@H]4CCCN4C)nc(N4CCN(C(=O)OC(C)(C)C)C[C@@H]4C)c3C2)c1. The highest BCUT2D eigenvalue weighted by Gasteiger charge is 2.36. The zero-order valence-corrected chi connectivity index (χ0v) is 25.6. The molecule has 2 aromatic rings. The lowest BCUT2D eigenvalue weighted by molar-refractivity contribution is 0.0218. The maximum Gasteiger partial charge on any atom is 0.410 e. The van der Waals surface area contributed by atoms with Gasteiger partial charge in [0, 0.05) is 42.8 Å². The van der Waals surface area contributed by atoms with Crippen molar-refractivity contribution in [2.24, 2.45) is 0 Å². The Morgan fingerprint density at radius 2 is 1.83 bits per heavy atom. The number of benzene rings is 1. The van der Waals surface area contributed by atoms with Crippen molar-refractivity contribution in [3.8, 4) is 6.01 Å². The number of likely N-dealkylation sites (tertiary alicyclic amines) is 1. The molecule has 1 aromatic carbocycles. The van der Waals surface area contributed by atoms with E-state index in [0.29, 0.717) is 56.9 Å². The summed E-state index contributed by atoms with van der Waals surface area (Å²) in [6.07, 6.45) is 1.96. The van der Waals surface area contributed by atoms with Crippen LogP contribution in [0.25, 0.3) is 0 Å². The Balaban J connectivity index is 1.40. The first-order valence-corrected chi connectivity index (χ1v) is 14.7. The summed E-state index contributed by atoms with van der Waals surface area (Å²) >= 11 is 0. The molecule has 5 rings (SSSR count). The van der Waals surface area contributed by atoms with E-state index in [1.165, 1.54) is 0 Å². The van der Waals surface area contributed by atoms with Crippen LogP contribution in [-0.2, 0) is 17.8 Å². The van der Waals surface area contributed by atoms with Gasteiger partial charge in [0.15, 0.2) is 0 Å². The van der Waals surface area contributed by atoms with E-state index >= 15 is 0 Å². The van der Waals surface area contributed by atoms with Gasteiger partial charge in [0.2, 0.25) is 0 Å². The molecular weight excluding hydrogens is 520 g/mol. The first-order chi connectivity index (χ1) is 19.4. The van der Waals surface area contributed by atoms with Gasteiger partial charge < -0.3 is 29.1 Å². The van der Waals surface area contributed by atoms with E-state index in [0.717, 1.165) is 47.6 Å². The summed E-state index contributed by atoms with van der Waals surface area (Å²) in [7, 11) is 2.12. The third kappa shape index (κ3) is 6.42. The van der Waals surface area contributed by atoms with Crippen LogP contribution in [0.2, 0.25) is 0 Å². The van der Waals surface area contributed by atoms with E-state index in [4.69, 9.17) is 19.4 Å². The monoisotopic (exact) mass is 564 g/mol. The Morgan fingerprint density at radius 3 is 2.51 bits per heavy atom. The molecule has 3 aliphatic rings. The van der Waals surface area contributed by atoms with Crippen molar-refractivity contribution in [1.82, 2.24) is 24.7 Å². The highest BCUT2D eigenvalue weighted by atomic mass is 16.6. The minimum atomic E-state index is -0.545. The Morgan fingerprint density at radius 1 is 1.05 bits per heavy atom. The van der Waals surface area contributed by atoms with Crippen LogP contribution in [0, 0.1) is 13.8 Å². The number of aryl methyl sites for hydroxylation is 2. The summed E-state index contributed by atoms with van der Waals surface area (Å²) in [6, 6.07) is 6.66. The van der Waals surface area contributed by atoms with Gasteiger partial charge in [0.1, 0.15) is 18.0 Å². The van der Waals surface area contributed by atoms with Crippen molar-refractivity contribution >= 4 is 17.8 Å². The van der Waals surface area contributed by atoms with Crippen molar-refractivity contribution in [2.45, 2.75) is 85.2 Å². The number of nitrogens with zero attached hydrogens (tertiary/aromatic N) is 6. The number of carbonyl (C=O) groups is 2. The number of ether oxygens (including phenoxy) is 2. The summed E-state index contributed by atoms with van der Waals surface area (Å²) in [5.74, 6) is 0.783. The van der Waals surface area contributed by atoms with Gasteiger partial charge in [-0.1, -0.05) is 17.7 Å². The standard InChI is InChI=1S/C31H44N6O4/c1-20-10-11-21(2)24(15-20)28(38)36-17-25-26(18-36)32-29(40-19-23-9-8-12-34(23)7)33-27(25)37-14-13-35(16-22(37)3)30(39)41-31(4,5)6/h10-11,15,22-23H,8-9,12-14,16-19H2,1-7H3/t22-,23-/m0/s1. The zero-order chi connectivity index (χ0) is 29.5. The third-order valence-electron chi connectivity index (χ3n) is 8.28. The van der Waals surface area contributed by atoms with Gasteiger partial charge in [-0.15, -0.1) is 0 Å². The van der Waals surface area contributed by atoms with Crippen LogP contribution < -0.4 is 9.64 Å². The summed E-state index contributed by atoms with van der Waals surface area (Å²) in [6.45, 7) is 15.8. The van der Waals surface area contributed by atoms with Gasteiger partial charge in [-0.3, -0.25) is 4.79 Å². The minimum absolute atomic E-state index is 0.00649. The summed E-state index contributed by atoms with van der Waals surface area (Å²) in [5.41, 5.74) is 3.96. The lowest BCUT2D eigenvalue weighted by Crippen LogP contribution is -2.55. The number of likely N-dealkylation sites (N-methyl/N-ethyl adjacent to an activating group) is 1. The second kappa shape index (κ2) is 11.5. The summed E-state index contributed by atoms with van der Waals surface area (Å²) < 4.78 is 11.8. The minimum Gasteiger partial charge on any atom is -0.462 e. The topological polar surface area (TPSA) is 91.3 Å². The second-order valence-electron chi connectivity index (χ2n) is 12.8. The fourth-order valence-electron chi connectivity index (χ4n) is 5.92. The van der Waals surface area contributed by atoms with Crippen molar-refractivity contribution < 1.29 is 19.1 Å². The molecule has 10 nitrogen and oxygen atoms in total. The van der Waals surface area contributed by atoms with Crippen LogP contribution in [0.3, 0.4) is 0 Å². The molecule has 0 radical (unpaired) electrons. The van der Waals surface area contributed by atoms with E-state index in [9.17, 15) is 9.59 Å². The van der Waals surface area contributed by atoms with E-state index in [1.54, 1.807) is 4.90 Å². The molecule has 0 N–H and O–H groups in total. The number of fused-ring (bicyclic) bond motifs is 1. The first kappa shape index (κ1) is 29.1. The van der Waals surface area contributed by atoms with Crippen molar-refractivity contribution in [3.63, 3.8) is 0 Å². The van der Waals surface area contributed by atoms with E-state index in [1.807, 2.05) is 57.7 Å². The molecule has 0 bridgehead atoms. The number of hydrogen-bond donors (Lipinski definition) is 0. The number of piperazine rings is 1. The second-order valence-corrected chi connectivity index (χ2v) is 12.8. The van der Waals surface area contributed by atoms with Crippen molar-refractivity contribution in [1.29, 1.82) is 0 Å². The van der Waals surface area contributed by atoms with E-state index < -0.39 is 5.60 Å². The molecule has 3 aliphatic heterocycles. The quantitative estimate of drug-likeness (QED) is 0.535. The molecule has 10 heteroatoms. The van der Waals surface area contributed by atoms with Gasteiger partial charge in [0.25, 0.3) is 5.91 Å². The largest absolute Gasteiger partial charge is 0.462 e. The molecule has 0 saturated carbocycles. The smallest absolute Gasteiger partial charge is 0.410 e. The zero-order valence-electron chi connectivity index (χ0n) is 25.6. The van der Waals surface area contributed by atoms with Gasteiger partial charge in [0.05, 0.1) is 18.8 Å². The summed E-state index contributed by atoms with van der Waals surface area (Å²) in [5, 5.41) is 0. The Hall–Kier alpha value is -3.40. The molecule has 222 valence electrons. The van der Waals surface area contributed by atoms with E-state index in [-0.39, 0.29) is 18.0 Å². The highest BCUT2D eigenvalue weighted by Crippen LogP contribution is 2.34. The molecule has 1 aromatic heterocycles. The number of carbonyl (C=O) groups excluding carboxylic acids is 2. The number of amides is 2. The molecule has 0 spiro atoms. The Bertz CT molecular complexity index is 1310. The van der Waals surface area contributed by atoms with Gasteiger partial charge >= 0.3 is 12.1 Å². The predicted octanol–water partition coefficient (Wildman–Crippen LogP) is 4.17. The lowest BCUT2D eigenvalue weighted by atomic mass is 10.0. The number of aromatic nitrogens is 2. The van der Waals surface area contributed by atoms with Crippen LogP contribution in [0.5, 0.6) is 6.01 Å². The third-order valence-corrected chi connectivity index (χ3v) is 8.28. The van der Waals surface area contributed by atoms with Gasteiger partial charge in [-0.05, 0) is 79.6 Å². The van der Waals surface area contributed by atoms with Gasteiger partial charge in [-0.2, -0.15) is 9.97 Å². The maximum atomic E-state index is 13.7. The van der Waals surface area contributed by atoms with Crippen molar-refractivity contribution in [2.75, 3.05) is 44.7 Å². The molecular formula is C31H44N6O4. The number of anilines is 1. The molecule has 4 heterocycles. The normalized spacial score (nSPS) is 21.3. The van der Waals surface area contributed by atoms with Crippen LogP contribution in [-0.4, -0.2) is 94.2 Å². The van der Waals surface area contributed by atoms with Crippen molar-refractivity contribution in [3.05, 3.63) is 46.1 Å². The van der Waals surface area contributed by atoms with Gasteiger partial charge in [-0.25, -0.2) is 4.79 Å². The molecule has 0 aliphatic carbocycles. The number of hydrogen-bond acceptors (Lipinski definition) is 8. The average molecular weight is 565 g/mol. The fraction of sp³-hybridized carbons (Fsp3) is 0.613. The average Bonchev–Trinajstić information content (AvgIpc) is 3.53. The molecule has 41 heavy (non-hydrogen) atoms. The van der Waals surface area contributed by atoms with E-state index in [2.05, 4.69) is 23.8 Å². The van der Waals surface area contributed by atoms with Crippen LogP contribution in [0.15, 0.2) is 18.2 Å². The molecule has 2 saturated heterocycles. The molecule has 2 atom stereocenters. The molecule has 2 amide bonds. The van der Waals surface area contributed by atoms with Crippen LogP contribution in [0.1, 0.15) is 73.3 Å². The van der Waals surface area contributed by atoms with Crippen LogP contribution >= 0.6 is 0 Å². The first-order valence-electron chi connectivity index (χ1n) is 14.7. The molecule has 2 fully saturated rings. The Labute approximate surface area is 243 Å². The van der Waals surface area contributed by atoms with Crippen LogP contribution in [0.4, 0.5) is 10.6 Å². The fourth-order valence-corrected chi connectivity index (χ4v) is 5.92. The predicted molar refractivity (Wildman–Crippen MR) is 157 cm³/mol. The maximum absolute atomic E-state index is 13.7. The highest BCUT2D eigenvalue weighted by molar-refractivity contribution is 5.96. The summed E-state index contributed by atoms with van der Waals surface area (Å²) in [4.78, 5) is 44.3. The number of rotatable bonds is 5. The molecule has 0 unspecified atom stereocenters. The Kier molecular flexibility index (Phi) is 8.14. The lowest BCUT2D eigenvalue weighted by Gasteiger charge is -2.41.